The number of hydrogen-bond acceptors (Lipinski definition) is 3. The Morgan fingerprint density at radius 1 is 1.25 bits per heavy atom. The molecule has 0 aliphatic heterocycles. The number of pyridine rings is 1. The van der Waals surface area contributed by atoms with Gasteiger partial charge in [0, 0.05) is 17.6 Å². The zero-order valence-corrected chi connectivity index (χ0v) is 11.2. The van der Waals surface area contributed by atoms with Gasteiger partial charge in [-0.25, -0.2) is 0 Å². The smallest absolute Gasteiger partial charge is 0.422 e. The highest BCUT2D eigenvalue weighted by atomic mass is 19.4. The van der Waals surface area contributed by atoms with Crippen molar-refractivity contribution in [2.24, 2.45) is 5.73 Å². The van der Waals surface area contributed by atoms with Gasteiger partial charge in [0.15, 0.2) is 6.61 Å². The van der Waals surface area contributed by atoms with E-state index >= 15 is 0 Å². The molecule has 1 aromatic heterocycles. The third kappa shape index (κ3) is 3.01. The van der Waals surface area contributed by atoms with Crippen molar-refractivity contribution < 1.29 is 17.9 Å². The zero-order valence-electron chi connectivity index (χ0n) is 11.2. The van der Waals surface area contributed by atoms with Crippen LogP contribution in [-0.4, -0.2) is 17.8 Å². The molecule has 0 saturated carbocycles. The number of aryl methyl sites for hydroxylation is 2. The number of aromatic nitrogens is 1. The van der Waals surface area contributed by atoms with E-state index in [2.05, 4.69) is 4.98 Å². The van der Waals surface area contributed by atoms with Crippen molar-refractivity contribution in [2.45, 2.75) is 26.6 Å². The number of benzene rings is 1. The summed E-state index contributed by atoms with van der Waals surface area (Å²) in [6.45, 7) is 2.55. The van der Waals surface area contributed by atoms with E-state index in [9.17, 15) is 13.2 Å². The number of nitrogens with zero attached hydrogens (tertiary/aromatic N) is 1. The molecular weight excluding hydrogens is 269 g/mol. The van der Waals surface area contributed by atoms with Crippen LogP contribution in [0.5, 0.6) is 5.75 Å². The maximum Gasteiger partial charge on any atom is 0.422 e. The van der Waals surface area contributed by atoms with Crippen molar-refractivity contribution in [1.82, 2.24) is 4.98 Å². The van der Waals surface area contributed by atoms with E-state index in [0.717, 1.165) is 16.8 Å². The molecule has 0 spiro atoms. The Balaban J connectivity index is 2.58. The van der Waals surface area contributed by atoms with Crippen LogP contribution in [0, 0.1) is 13.8 Å². The van der Waals surface area contributed by atoms with Crippen LogP contribution in [0.4, 0.5) is 13.2 Å². The van der Waals surface area contributed by atoms with Gasteiger partial charge < -0.3 is 10.5 Å². The van der Waals surface area contributed by atoms with Gasteiger partial charge in [-0.3, -0.25) is 4.98 Å². The number of rotatable bonds is 3. The fourth-order valence-corrected chi connectivity index (χ4v) is 2.11. The minimum absolute atomic E-state index is 0.163. The van der Waals surface area contributed by atoms with Gasteiger partial charge in [0.05, 0.1) is 5.52 Å². The van der Waals surface area contributed by atoms with Crippen molar-refractivity contribution in [1.29, 1.82) is 0 Å². The van der Waals surface area contributed by atoms with E-state index in [1.807, 2.05) is 13.8 Å². The van der Waals surface area contributed by atoms with Gasteiger partial charge in [0.25, 0.3) is 0 Å². The third-order valence-electron chi connectivity index (χ3n) is 2.95. The molecule has 3 nitrogen and oxygen atoms in total. The highest BCUT2D eigenvalue weighted by Gasteiger charge is 2.29. The second kappa shape index (κ2) is 5.28. The molecule has 0 aliphatic rings. The van der Waals surface area contributed by atoms with Crippen LogP contribution < -0.4 is 10.5 Å². The highest BCUT2D eigenvalue weighted by molar-refractivity contribution is 5.91. The minimum atomic E-state index is -4.38. The van der Waals surface area contributed by atoms with Crippen LogP contribution in [0.2, 0.25) is 0 Å². The van der Waals surface area contributed by atoms with E-state index in [1.54, 1.807) is 12.1 Å². The van der Waals surface area contributed by atoms with E-state index in [-0.39, 0.29) is 12.3 Å². The normalized spacial score (nSPS) is 11.9. The fraction of sp³-hybridized carbons (Fsp3) is 0.357. The monoisotopic (exact) mass is 284 g/mol. The fourth-order valence-electron chi connectivity index (χ4n) is 2.11. The number of halogens is 3. The second-order valence-corrected chi connectivity index (χ2v) is 4.63. The molecule has 6 heteroatoms. The van der Waals surface area contributed by atoms with Crippen LogP contribution in [0.3, 0.4) is 0 Å². The molecule has 0 aliphatic carbocycles. The first-order chi connectivity index (χ1) is 9.31. The van der Waals surface area contributed by atoms with Gasteiger partial charge in [-0.1, -0.05) is 6.07 Å². The number of nitrogens with two attached hydrogens (primary N) is 1. The molecule has 0 amide bonds. The average molecular weight is 284 g/mol. The predicted molar refractivity (Wildman–Crippen MR) is 70.7 cm³/mol. The molecule has 2 rings (SSSR count). The van der Waals surface area contributed by atoms with Crippen LogP contribution in [0.1, 0.15) is 16.8 Å². The Bertz CT molecular complexity index is 638. The van der Waals surface area contributed by atoms with Gasteiger partial charge in [-0.15, -0.1) is 0 Å². The summed E-state index contributed by atoms with van der Waals surface area (Å²) in [5, 5.41) is 0.558. The van der Waals surface area contributed by atoms with Crippen molar-refractivity contribution >= 4 is 10.9 Å². The lowest BCUT2D eigenvalue weighted by molar-refractivity contribution is -0.153. The van der Waals surface area contributed by atoms with E-state index in [4.69, 9.17) is 10.5 Å². The molecule has 108 valence electrons. The van der Waals surface area contributed by atoms with Crippen LogP contribution in [-0.2, 0) is 6.54 Å². The Morgan fingerprint density at radius 3 is 2.55 bits per heavy atom. The molecule has 0 fully saturated rings. The van der Waals surface area contributed by atoms with Crippen molar-refractivity contribution in [2.75, 3.05) is 6.61 Å². The maximum absolute atomic E-state index is 12.3. The van der Waals surface area contributed by atoms with Gasteiger partial charge in [-0.2, -0.15) is 13.2 Å². The van der Waals surface area contributed by atoms with Crippen molar-refractivity contribution in [3.05, 3.63) is 35.0 Å². The quantitative estimate of drug-likeness (QED) is 0.941. The molecule has 0 radical (unpaired) electrons. The van der Waals surface area contributed by atoms with Gasteiger partial charge in [-0.05, 0) is 37.1 Å². The summed E-state index contributed by atoms with van der Waals surface area (Å²) in [7, 11) is 0. The first-order valence-corrected chi connectivity index (χ1v) is 6.11. The van der Waals surface area contributed by atoms with E-state index in [0.29, 0.717) is 10.9 Å². The largest absolute Gasteiger partial charge is 0.483 e. The summed E-state index contributed by atoms with van der Waals surface area (Å²) in [4.78, 5) is 4.37. The van der Waals surface area contributed by atoms with E-state index in [1.165, 1.54) is 6.07 Å². The Hall–Kier alpha value is -1.82. The third-order valence-corrected chi connectivity index (χ3v) is 2.95. The summed E-state index contributed by atoms with van der Waals surface area (Å²) in [6, 6.07) is 4.99. The average Bonchev–Trinajstić information content (AvgIpc) is 2.36. The number of fused-ring (bicyclic) bond motifs is 1. The summed E-state index contributed by atoms with van der Waals surface area (Å²) in [5.41, 5.74) is 8.69. The molecule has 0 unspecified atom stereocenters. The first kappa shape index (κ1) is 14.6. The molecular formula is C14H15F3N2O. The van der Waals surface area contributed by atoms with Crippen LogP contribution in [0.25, 0.3) is 10.9 Å². The standard InChI is InChI=1S/C14H15F3N2O/c1-8-3-4-11(20-7-14(15,16)17)12-10(6-18)5-9(2)19-13(8)12/h3-5H,6-7,18H2,1-2H3. The zero-order chi connectivity index (χ0) is 14.9. The molecule has 2 N–H and O–H groups in total. The predicted octanol–water partition coefficient (Wildman–Crippen LogP) is 3.25. The Labute approximate surface area is 114 Å². The lowest BCUT2D eigenvalue weighted by Gasteiger charge is -2.15. The molecule has 0 saturated heterocycles. The SMILES string of the molecule is Cc1cc(CN)c2c(OCC(F)(F)F)ccc(C)c2n1. The number of hydrogen-bond donors (Lipinski definition) is 1. The lowest BCUT2D eigenvalue weighted by atomic mass is 10.0. The highest BCUT2D eigenvalue weighted by Crippen LogP contribution is 2.31. The number of ether oxygens (including phenoxy) is 1. The molecule has 2 aromatic rings. The molecule has 1 aromatic carbocycles. The number of alkyl halides is 3. The van der Waals surface area contributed by atoms with Gasteiger partial charge >= 0.3 is 6.18 Å². The van der Waals surface area contributed by atoms with Gasteiger partial charge in [0.2, 0.25) is 0 Å². The summed E-state index contributed by atoms with van der Waals surface area (Å²) >= 11 is 0. The van der Waals surface area contributed by atoms with Crippen molar-refractivity contribution in [3.63, 3.8) is 0 Å². The molecule has 0 bridgehead atoms. The molecule has 0 atom stereocenters. The minimum Gasteiger partial charge on any atom is -0.483 e. The maximum atomic E-state index is 12.3. The first-order valence-electron chi connectivity index (χ1n) is 6.11. The topological polar surface area (TPSA) is 48.1 Å². The second-order valence-electron chi connectivity index (χ2n) is 4.63. The Morgan fingerprint density at radius 2 is 1.95 bits per heavy atom. The van der Waals surface area contributed by atoms with Gasteiger partial charge in [0.1, 0.15) is 5.75 Å². The summed E-state index contributed by atoms with van der Waals surface area (Å²) in [5.74, 6) is 0.163. The van der Waals surface area contributed by atoms with Crippen molar-refractivity contribution in [3.8, 4) is 5.75 Å². The molecule has 20 heavy (non-hydrogen) atoms. The lowest BCUT2D eigenvalue weighted by Crippen LogP contribution is -2.19. The Kier molecular flexibility index (Phi) is 3.85. The summed E-state index contributed by atoms with van der Waals surface area (Å²) < 4.78 is 41.8. The van der Waals surface area contributed by atoms with Crippen LogP contribution >= 0.6 is 0 Å². The van der Waals surface area contributed by atoms with Crippen LogP contribution in [0.15, 0.2) is 18.2 Å². The summed E-state index contributed by atoms with van der Waals surface area (Å²) in [6.07, 6.45) is -4.38. The van der Waals surface area contributed by atoms with E-state index < -0.39 is 12.8 Å². The molecule has 1 heterocycles.